The first-order valence-electron chi connectivity index (χ1n) is 7.04. The molecule has 1 N–H and O–H groups in total. The molecule has 0 bridgehead atoms. The molecule has 2 rings (SSSR count). The van der Waals surface area contributed by atoms with Crippen LogP contribution in [-0.4, -0.2) is 6.61 Å². The van der Waals surface area contributed by atoms with Gasteiger partial charge in [0.05, 0.1) is 12.6 Å². The lowest BCUT2D eigenvalue weighted by atomic mass is 10.1. The van der Waals surface area contributed by atoms with Gasteiger partial charge in [-0.3, -0.25) is 0 Å². The molecule has 112 valence electrons. The summed E-state index contributed by atoms with van der Waals surface area (Å²) in [4.78, 5) is 0. The summed E-state index contributed by atoms with van der Waals surface area (Å²) in [7, 11) is 0. The van der Waals surface area contributed by atoms with Crippen LogP contribution in [0.1, 0.15) is 31.9 Å². The van der Waals surface area contributed by atoms with E-state index >= 15 is 0 Å². The molecule has 0 aliphatic heterocycles. The summed E-state index contributed by atoms with van der Waals surface area (Å²) in [6, 6.07) is 10.9. The SMILES string of the molecule is CCCOc1ccc(NC(C)c2ccc(F)cc2F)cc1. The van der Waals surface area contributed by atoms with Gasteiger partial charge in [-0.15, -0.1) is 0 Å². The Morgan fingerprint density at radius 3 is 2.43 bits per heavy atom. The molecule has 2 nitrogen and oxygen atoms in total. The predicted octanol–water partition coefficient (Wildman–Crippen LogP) is 4.93. The van der Waals surface area contributed by atoms with Crippen molar-refractivity contribution in [2.75, 3.05) is 11.9 Å². The largest absolute Gasteiger partial charge is 0.494 e. The Labute approximate surface area is 123 Å². The molecule has 0 aliphatic rings. The maximum absolute atomic E-state index is 13.7. The van der Waals surface area contributed by atoms with Crippen molar-refractivity contribution in [3.8, 4) is 5.75 Å². The van der Waals surface area contributed by atoms with Crippen molar-refractivity contribution in [2.45, 2.75) is 26.3 Å². The molecule has 0 saturated heterocycles. The van der Waals surface area contributed by atoms with Gasteiger partial charge in [0.25, 0.3) is 0 Å². The highest BCUT2D eigenvalue weighted by atomic mass is 19.1. The zero-order valence-electron chi connectivity index (χ0n) is 12.2. The van der Waals surface area contributed by atoms with E-state index < -0.39 is 11.6 Å². The van der Waals surface area contributed by atoms with Gasteiger partial charge in [0, 0.05) is 17.3 Å². The molecule has 0 aliphatic carbocycles. The van der Waals surface area contributed by atoms with E-state index in [9.17, 15) is 8.78 Å². The van der Waals surface area contributed by atoms with Crippen molar-refractivity contribution in [2.24, 2.45) is 0 Å². The van der Waals surface area contributed by atoms with Gasteiger partial charge in [0.2, 0.25) is 0 Å². The molecule has 0 fully saturated rings. The smallest absolute Gasteiger partial charge is 0.131 e. The van der Waals surface area contributed by atoms with Gasteiger partial charge in [-0.2, -0.15) is 0 Å². The number of nitrogens with one attached hydrogen (secondary N) is 1. The number of anilines is 1. The van der Waals surface area contributed by atoms with Crippen molar-refractivity contribution in [1.82, 2.24) is 0 Å². The highest BCUT2D eigenvalue weighted by molar-refractivity contribution is 5.48. The second-order valence-corrected chi connectivity index (χ2v) is 4.90. The first kappa shape index (κ1) is 15.3. The monoisotopic (exact) mass is 291 g/mol. The second-order valence-electron chi connectivity index (χ2n) is 4.90. The van der Waals surface area contributed by atoms with Gasteiger partial charge >= 0.3 is 0 Å². The molecule has 0 amide bonds. The molecule has 0 aromatic heterocycles. The van der Waals surface area contributed by atoms with E-state index in [1.54, 1.807) is 0 Å². The number of ether oxygens (including phenoxy) is 1. The fourth-order valence-electron chi connectivity index (χ4n) is 2.05. The van der Waals surface area contributed by atoms with Gasteiger partial charge in [0.15, 0.2) is 0 Å². The fraction of sp³-hybridized carbons (Fsp3) is 0.294. The molecular formula is C17H19F2NO. The molecule has 21 heavy (non-hydrogen) atoms. The minimum Gasteiger partial charge on any atom is -0.494 e. The van der Waals surface area contributed by atoms with E-state index in [0.29, 0.717) is 12.2 Å². The lowest BCUT2D eigenvalue weighted by Gasteiger charge is -2.17. The highest BCUT2D eigenvalue weighted by Gasteiger charge is 2.11. The van der Waals surface area contributed by atoms with E-state index in [1.165, 1.54) is 12.1 Å². The Morgan fingerprint density at radius 2 is 1.81 bits per heavy atom. The number of rotatable bonds is 6. The van der Waals surface area contributed by atoms with Crippen LogP contribution in [0.4, 0.5) is 14.5 Å². The van der Waals surface area contributed by atoms with E-state index in [2.05, 4.69) is 12.2 Å². The average Bonchev–Trinajstić information content (AvgIpc) is 2.46. The van der Waals surface area contributed by atoms with Crippen LogP contribution >= 0.6 is 0 Å². The lowest BCUT2D eigenvalue weighted by Crippen LogP contribution is -2.08. The Kier molecular flexibility index (Phi) is 5.14. The molecule has 2 aromatic rings. The van der Waals surface area contributed by atoms with Crippen LogP contribution in [0, 0.1) is 11.6 Å². The van der Waals surface area contributed by atoms with E-state index in [1.807, 2.05) is 31.2 Å². The summed E-state index contributed by atoms with van der Waals surface area (Å²) in [5.41, 5.74) is 1.29. The number of hydrogen-bond acceptors (Lipinski definition) is 2. The topological polar surface area (TPSA) is 21.3 Å². The summed E-state index contributed by atoms with van der Waals surface area (Å²) < 4.78 is 32.1. The van der Waals surface area contributed by atoms with Gasteiger partial charge in [-0.25, -0.2) is 8.78 Å². The van der Waals surface area contributed by atoms with Crippen molar-refractivity contribution >= 4 is 5.69 Å². The molecular weight excluding hydrogens is 272 g/mol. The summed E-state index contributed by atoms with van der Waals surface area (Å²) >= 11 is 0. The fourth-order valence-corrected chi connectivity index (χ4v) is 2.05. The van der Waals surface area contributed by atoms with Crippen LogP contribution in [0.5, 0.6) is 5.75 Å². The number of halogens is 2. The van der Waals surface area contributed by atoms with Crippen molar-refractivity contribution in [3.63, 3.8) is 0 Å². The maximum Gasteiger partial charge on any atom is 0.131 e. The third kappa shape index (κ3) is 4.18. The van der Waals surface area contributed by atoms with Gasteiger partial charge in [0.1, 0.15) is 17.4 Å². The molecule has 0 spiro atoms. The molecule has 0 heterocycles. The second kappa shape index (κ2) is 7.07. The normalized spacial score (nSPS) is 12.0. The van der Waals surface area contributed by atoms with E-state index in [-0.39, 0.29) is 6.04 Å². The summed E-state index contributed by atoms with van der Waals surface area (Å²) in [6.07, 6.45) is 0.959. The van der Waals surface area contributed by atoms with E-state index in [4.69, 9.17) is 4.74 Å². The highest BCUT2D eigenvalue weighted by Crippen LogP contribution is 2.23. The minimum atomic E-state index is -0.569. The molecule has 4 heteroatoms. The van der Waals surface area contributed by atoms with Crippen LogP contribution in [0.25, 0.3) is 0 Å². The van der Waals surface area contributed by atoms with Gasteiger partial charge < -0.3 is 10.1 Å². The third-order valence-corrected chi connectivity index (χ3v) is 3.14. The lowest BCUT2D eigenvalue weighted by molar-refractivity contribution is 0.317. The molecule has 1 unspecified atom stereocenters. The van der Waals surface area contributed by atoms with Crippen LogP contribution in [0.15, 0.2) is 42.5 Å². The molecule has 2 aromatic carbocycles. The van der Waals surface area contributed by atoms with Crippen molar-refractivity contribution < 1.29 is 13.5 Å². The molecule has 0 radical (unpaired) electrons. The van der Waals surface area contributed by atoms with Crippen LogP contribution < -0.4 is 10.1 Å². The quantitative estimate of drug-likeness (QED) is 0.815. The molecule has 1 atom stereocenters. The Morgan fingerprint density at radius 1 is 1.10 bits per heavy atom. The van der Waals surface area contributed by atoms with Gasteiger partial charge in [-0.1, -0.05) is 13.0 Å². The average molecular weight is 291 g/mol. The van der Waals surface area contributed by atoms with Crippen LogP contribution in [0.2, 0.25) is 0 Å². The maximum atomic E-state index is 13.7. The number of benzene rings is 2. The Hall–Kier alpha value is -2.10. The number of hydrogen-bond donors (Lipinski definition) is 1. The standard InChI is InChI=1S/C17H19F2NO/c1-3-10-21-15-7-5-14(6-8-15)20-12(2)16-9-4-13(18)11-17(16)19/h4-9,11-12,20H,3,10H2,1-2H3. The zero-order chi connectivity index (χ0) is 15.2. The van der Waals surface area contributed by atoms with Crippen molar-refractivity contribution in [1.29, 1.82) is 0 Å². The zero-order valence-corrected chi connectivity index (χ0v) is 12.2. The Balaban J connectivity index is 2.03. The first-order valence-corrected chi connectivity index (χ1v) is 7.04. The van der Waals surface area contributed by atoms with Crippen LogP contribution in [0.3, 0.4) is 0 Å². The summed E-state index contributed by atoms with van der Waals surface area (Å²) in [5, 5.41) is 3.18. The first-order chi connectivity index (χ1) is 10.1. The minimum absolute atomic E-state index is 0.256. The third-order valence-electron chi connectivity index (χ3n) is 3.14. The van der Waals surface area contributed by atoms with Crippen molar-refractivity contribution in [3.05, 3.63) is 59.7 Å². The van der Waals surface area contributed by atoms with Crippen LogP contribution in [-0.2, 0) is 0 Å². The molecule has 0 saturated carbocycles. The summed E-state index contributed by atoms with van der Waals surface area (Å²) in [6.45, 7) is 4.57. The van der Waals surface area contributed by atoms with Gasteiger partial charge in [-0.05, 0) is 43.7 Å². The predicted molar refractivity (Wildman–Crippen MR) is 80.6 cm³/mol. The summed E-state index contributed by atoms with van der Waals surface area (Å²) in [5.74, 6) is -0.304. The van der Waals surface area contributed by atoms with E-state index in [0.717, 1.165) is 23.9 Å². The Bertz CT molecular complexity index is 584.